The van der Waals surface area contributed by atoms with Gasteiger partial charge in [0.25, 0.3) is 0 Å². The summed E-state index contributed by atoms with van der Waals surface area (Å²) in [6.45, 7) is 0.680. The first kappa shape index (κ1) is 14.7. The van der Waals surface area contributed by atoms with Gasteiger partial charge in [0.15, 0.2) is 0 Å². The molecule has 24 heavy (non-hydrogen) atoms. The van der Waals surface area contributed by atoms with Crippen LogP contribution in [0.1, 0.15) is 5.56 Å². The lowest BCUT2D eigenvalue weighted by atomic mass is 10.1. The Morgan fingerprint density at radius 2 is 1.83 bits per heavy atom. The third kappa shape index (κ3) is 2.82. The maximum atomic E-state index is 12.4. The second-order valence-corrected chi connectivity index (χ2v) is 6.05. The zero-order valence-corrected chi connectivity index (χ0v) is 13.4. The molecule has 0 spiro atoms. The number of hydrogen-bond acceptors (Lipinski definition) is 4. The summed E-state index contributed by atoms with van der Waals surface area (Å²) in [7, 11) is 1.79. The molecular weight excluding hydrogens is 304 g/mol. The number of carbonyl (C=O) groups is 1. The maximum absolute atomic E-state index is 12.4. The first-order valence-electron chi connectivity index (χ1n) is 7.97. The highest BCUT2D eigenvalue weighted by molar-refractivity contribution is 5.77. The van der Waals surface area contributed by atoms with Crippen molar-refractivity contribution in [3.05, 3.63) is 54.1 Å². The Kier molecular flexibility index (Phi) is 3.65. The predicted molar refractivity (Wildman–Crippen MR) is 89.7 cm³/mol. The van der Waals surface area contributed by atoms with E-state index in [0.29, 0.717) is 6.54 Å². The molecule has 0 saturated heterocycles. The van der Waals surface area contributed by atoms with E-state index in [1.54, 1.807) is 11.9 Å². The van der Waals surface area contributed by atoms with Gasteiger partial charge < -0.3 is 9.64 Å². The molecule has 122 valence electrons. The number of ether oxygens (including phenoxy) is 1. The number of para-hydroxylation sites is 1. The molecule has 1 aromatic heterocycles. The molecule has 0 saturated carbocycles. The number of fused-ring (bicyclic) bond motifs is 2. The lowest BCUT2D eigenvalue weighted by Gasteiger charge is -2.20. The Morgan fingerprint density at radius 3 is 2.54 bits per heavy atom. The van der Waals surface area contributed by atoms with E-state index >= 15 is 0 Å². The number of benzene rings is 2. The molecule has 0 aliphatic carbocycles. The number of rotatable bonds is 4. The topological polar surface area (TPSA) is 60.2 Å². The predicted octanol–water partition coefficient (Wildman–Crippen LogP) is 1.89. The van der Waals surface area contributed by atoms with Gasteiger partial charge in [0, 0.05) is 13.5 Å². The van der Waals surface area contributed by atoms with Crippen molar-refractivity contribution in [1.82, 2.24) is 19.9 Å². The van der Waals surface area contributed by atoms with E-state index in [2.05, 4.69) is 16.3 Å². The summed E-state index contributed by atoms with van der Waals surface area (Å²) >= 11 is 0. The van der Waals surface area contributed by atoms with E-state index in [4.69, 9.17) is 4.74 Å². The first-order chi connectivity index (χ1) is 11.7. The normalized spacial score (nSPS) is 16.0. The summed E-state index contributed by atoms with van der Waals surface area (Å²) < 4.78 is 5.89. The van der Waals surface area contributed by atoms with E-state index in [-0.39, 0.29) is 18.6 Å². The molecule has 0 bridgehead atoms. The molecule has 0 N–H and O–H groups in total. The molecule has 0 unspecified atom stereocenters. The van der Waals surface area contributed by atoms with Crippen molar-refractivity contribution in [2.75, 3.05) is 13.6 Å². The minimum absolute atomic E-state index is 0.000929. The zero-order valence-electron chi connectivity index (χ0n) is 13.4. The van der Waals surface area contributed by atoms with Crippen molar-refractivity contribution in [3.63, 3.8) is 0 Å². The molecule has 6 nitrogen and oxygen atoms in total. The standard InChI is InChI=1S/C18H18N4O2/c1-21(11-14-10-13-6-2-5-9-17(13)24-14)18(23)12-22-19-15-7-3-4-8-16(15)20-22/h2-9,14H,10-12H2,1H3/t14-/m0/s1. The highest BCUT2D eigenvalue weighted by Gasteiger charge is 2.25. The van der Waals surface area contributed by atoms with Gasteiger partial charge in [-0.1, -0.05) is 30.3 Å². The molecule has 1 amide bonds. The Hall–Kier alpha value is -2.89. The van der Waals surface area contributed by atoms with Crippen molar-refractivity contribution in [2.24, 2.45) is 0 Å². The lowest BCUT2D eigenvalue weighted by molar-refractivity contribution is -0.131. The number of likely N-dealkylation sites (N-methyl/N-ethyl adjacent to an activating group) is 1. The third-order valence-corrected chi connectivity index (χ3v) is 4.22. The van der Waals surface area contributed by atoms with Gasteiger partial charge >= 0.3 is 0 Å². The summed E-state index contributed by atoms with van der Waals surface area (Å²) in [6.07, 6.45) is 0.832. The minimum atomic E-state index is -0.0325. The van der Waals surface area contributed by atoms with E-state index in [1.807, 2.05) is 42.5 Å². The molecule has 0 fully saturated rings. The monoisotopic (exact) mass is 322 g/mol. The summed E-state index contributed by atoms with van der Waals surface area (Å²) in [5.41, 5.74) is 2.79. The molecule has 1 aliphatic rings. The van der Waals surface area contributed by atoms with Crippen LogP contribution in [0.15, 0.2) is 48.5 Å². The quantitative estimate of drug-likeness (QED) is 0.736. The summed E-state index contributed by atoms with van der Waals surface area (Å²) in [4.78, 5) is 15.6. The number of carbonyl (C=O) groups excluding carboxylic acids is 1. The van der Waals surface area contributed by atoms with Gasteiger partial charge in [-0.25, -0.2) is 0 Å². The Morgan fingerprint density at radius 1 is 1.17 bits per heavy atom. The van der Waals surface area contributed by atoms with Crippen molar-refractivity contribution in [1.29, 1.82) is 0 Å². The highest BCUT2D eigenvalue weighted by Crippen LogP contribution is 2.28. The van der Waals surface area contributed by atoms with Crippen LogP contribution >= 0.6 is 0 Å². The van der Waals surface area contributed by atoms with Crippen molar-refractivity contribution >= 4 is 16.9 Å². The zero-order chi connectivity index (χ0) is 16.5. The molecule has 1 aliphatic heterocycles. The molecule has 4 rings (SSSR count). The van der Waals surface area contributed by atoms with Gasteiger partial charge in [-0.15, -0.1) is 0 Å². The SMILES string of the molecule is CN(C[C@@H]1Cc2ccccc2O1)C(=O)Cn1nc2ccccc2n1. The second kappa shape index (κ2) is 5.96. The van der Waals surface area contributed by atoms with Crippen LogP contribution < -0.4 is 4.74 Å². The van der Waals surface area contributed by atoms with Crippen molar-refractivity contribution in [3.8, 4) is 5.75 Å². The minimum Gasteiger partial charge on any atom is -0.488 e. The van der Waals surface area contributed by atoms with Crippen molar-refractivity contribution < 1.29 is 9.53 Å². The number of nitrogens with zero attached hydrogens (tertiary/aromatic N) is 4. The van der Waals surface area contributed by atoms with Crippen LogP contribution in [0.3, 0.4) is 0 Å². The van der Waals surface area contributed by atoms with Crippen LogP contribution in [0.4, 0.5) is 0 Å². The number of amides is 1. The van der Waals surface area contributed by atoms with Gasteiger partial charge in [-0.2, -0.15) is 15.0 Å². The average molecular weight is 322 g/mol. The number of hydrogen-bond donors (Lipinski definition) is 0. The molecule has 1 atom stereocenters. The Balaban J connectivity index is 1.38. The molecule has 0 radical (unpaired) electrons. The molecule has 2 aromatic carbocycles. The number of aromatic nitrogens is 3. The van der Waals surface area contributed by atoms with Gasteiger partial charge in [-0.05, 0) is 23.8 Å². The van der Waals surface area contributed by atoms with Gasteiger partial charge in [0.2, 0.25) is 5.91 Å². The van der Waals surface area contributed by atoms with Gasteiger partial charge in [-0.3, -0.25) is 4.79 Å². The fourth-order valence-corrected chi connectivity index (χ4v) is 2.98. The Labute approximate surface area is 139 Å². The molecular formula is C18H18N4O2. The largest absolute Gasteiger partial charge is 0.488 e. The van der Waals surface area contributed by atoms with Gasteiger partial charge in [0.1, 0.15) is 29.4 Å². The van der Waals surface area contributed by atoms with Crippen LogP contribution in [0.25, 0.3) is 11.0 Å². The van der Waals surface area contributed by atoms with Crippen LogP contribution in [0.2, 0.25) is 0 Å². The first-order valence-corrected chi connectivity index (χ1v) is 7.97. The summed E-state index contributed by atoms with van der Waals surface area (Å²) in [5.74, 6) is 0.887. The van der Waals surface area contributed by atoms with Crippen LogP contribution in [-0.4, -0.2) is 45.5 Å². The second-order valence-electron chi connectivity index (χ2n) is 6.05. The fraction of sp³-hybridized carbons (Fsp3) is 0.278. The Bertz CT molecular complexity index is 831. The lowest BCUT2D eigenvalue weighted by Crippen LogP contribution is -2.38. The van der Waals surface area contributed by atoms with Crippen LogP contribution in [-0.2, 0) is 17.8 Å². The molecule has 6 heteroatoms. The van der Waals surface area contributed by atoms with E-state index in [0.717, 1.165) is 23.2 Å². The van der Waals surface area contributed by atoms with E-state index in [1.165, 1.54) is 10.4 Å². The van der Waals surface area contributed by atoms with Crippen molar-refractivity contribution in [2.45, 2.75) is 19.1 Å². The average Bonchev–Trinajstić information content (AvgIpc) is 3.16. The summed E-state index contributed by atoms with van der Waals surface area (Å²) in [6, 6.07) is 15.6. The third-order valence-electron chi connectivity index (χ3n) is 4.22. The van der Waals surface area contributed by atoms with E-state index in [9.17, 15) is 4.79 Å². The smallest absolute Gasteiger partial charge is 0.246 e. The summed E-state index contributed by atoms with van der Waals surface area (Å²) in [5, 5.41) is 8.65. The van der Waals surface area contributed by atoms with Crippen LogP contribution in [0, 0.1) is 0 Å². The van der Waals surface area contributed by atoms with Crippen LogP contribution in [0.5, 0.6) is 5.75 Å². The molecule has 3 aromatic rings. The maximum Gasteiger partial charge on any atom is 0.246 e. The molecule has 2 heterocycles. The van der Waals surface area contributed by atoms with Gasteiger partial charge in [0.05, 0.1) is 6.54 Å². The van der Waals surface area contributed by atoms with E-state index < -0.39 is 0 Å². The highest BCUT2D eigenvalue weighted by atomic mass is 16.5. The fourth-order valence-electron chi connectivity index (χ4n) is 2.98.